The summed E-state index contributed by atoms with van der Waals surface area (Å²) in [5.74, 6) is 2.65. The van der Waals surface area contributed by atoms with Gasteiger partial charge in [0.2, 0.25) is 0 Å². The molecule has 0 aliphatic rings. The Kier molecular flexibility index (Phi) is 9.63. The van der Waals surface area contributed by atoms with Crippen molar-refractivity contribution in [3.63, 3.8) is 0 Å². The van der Waals surface area contributed by atoms with Gasteiger partial charge in [-0.15, -0.1) is 6.58 Å². The van der Waals surface area contributed by atoms with Crippen LogP contribution in [-0.4, -0.2) is 19.0 Å². The van der Waals surface area contributed by atoms with Crippen molar-refractivity contribution >= 4 is 11.9 Å². The fourth-order valence-corrected chi connectivity index (χ4v) is 2.90. The summed E-state index contributed by atoms with van der Waals surface area (Å²) in [6.07, 6.45) is 7.68. The molecule has 4 heteroatoms. The zero-order valence-electron chi connectivity index (χ0n) is 18.8. The maximum atomic E-state index is 12.7. The molecule has 0 amide bonds. The minimum absolute atomic E-state index is 0.0973. The maximum Gasteiger partial charge on any atom is 0.185 e. The lowest BCUT2D eigenvalue weighted by atomic mass is 10.0. The first-order valence-electron chi connectivity index (χ1n) is 10.7. The highest BCUT2D eigenvalue weighted by molar-refractivity contribution is 6.07. The summed E-state index contributed by atoms with van der Waals surface area (Å²) in [5, 5.41) is 0. The van der Waals surface area contributed by atoms with Crippen LogP contribution in [0, 0.1) is 0 Å². The van der Waals surface area contributed by atoms with E-state index < -0.39 is 0 Å². The normalized spacial score (nSPS) is 10.7. The molecule has 2 aromatic carbocycles. The molecule has 0 unspecified atom stereocenters. The average Bonchev–Trinajstić information content (AvgIpc) is 2.76. The van der Waals surface area contributed by atoms with E-state index in [2.05, 4.69) is 27.0 Å². The Morgan fingerprint density at radius 2 is 1.65 bits per heavy atom. The van der Waals surface area contributed by atoms with E-state index in [1.807, 2.05) is 18.2 Å². The molecular formula is C27H32O4. The first kappa shape index (κ1) is 24.0. The summed E-state index contributed by atoms with van der Waals surface area (Å²) >= 11 is 0. The first-order valence-corrected chi connectivity index (χ1v) is 10.7. The lowest BCUT2D eigenvalue weighted by Crippen LogP contribution is -2.03. The lowest BCUT2D eigenvalue weighted by molar-refractivity contribution is 0.104. The molecule has 0 fully saturated rings. The molecule has 2 rings (SSSR count). The van der Waals surface area contributed by atoms with Crippen LogP contribution in [0.1, 0.15) is 55.1 Å². The summed E-state index contributed by atoms with van der Waals surface area (Å²) in [5.41, 5.74) is 2.43. The number of ether oxygens (including phenoxy) is 3. The number of hydrogen-bond donors (Lipinski definition) is 0. The fourth-order valence-electron chi connectivity index (χ4n) is 2.90. The van der Waals surface area contributed by atoms with Crippen molar-refractivity contribution < 1.29 is 19.0 Å². The molecule has 2 aromatic rings. The summed E-state index contributed by atoms with van der Waals surface area (Å²) in [7, 11) is 0. The predicted octanol–water partition coefficient (Wildman–Crippen LogP) is 6.80. The first-order chi connectivity index (χ1) is 15.0. The average molecular weight is 421 g/mol. The monoisotopic (exact) mass is 420 g/mol. The second kappa shape index (κ2) is 12.4. The van der Waals surface area contributed by atoms with Gasteiger partial charge in [0.25, 0.3) is 0 Å². The van der Waals surface area contributed by atoms with E-state index in [0.717, 1.165) is 29.7 Å². The van der Waals surface area contributed by atoms with Crippen LogP contribution >= 0.6 is 0 Å². The van der Waals surface area contributed by atoms with E-state index in [1.165, 1.54) is 0 Å². The number of benzene rings is 2. The van der Waals surface area contributed by atoms with Crippen LogP contribution < -0.4 is 14.2 Å². The van der Waals surface area contributed by atoms with Crippen LogP contribution in [0.3, 0.4) is 0 Å². The molecule has 0 atom stereocenters. The number of carbonyl (C=O) groups is 1. The van der Waals surface area contributed by atoms with Gasteiger partial charge in [0, 0.05) is 17.2 Å². The summed E-state index contributed by atoms with van der Waals surface area (Å²) in [6, 6.07) is 10.9. The molecule has 0 heterocycles. The zero-order chi connectivity index (χ0) is 22.6. The Hall–Kier alpha value is -3.27. The molecule has 164 valence electrons. The highest BCUT2D eigenvalue weighted by Crippen LogP contribution is 2.31. The molecule has 0 spiro atoms. The second-order valence-corrected chi connectivity index (χ2v) is 7.21. The highest BCUT2D eigenvalue weighted by Gasteiger charge is 2.11. The Morgan fingerprint density at radius 3 is 2.23 bits per heavy atom. The second-order valence-electron chi connectivity index (χ2n) is 7.21. The molecule has 0 bridgehead atoms. The van der Waals surface area contributed by atoms with E-state index in [-0.39, 0.29) is 5.78 Å². The smallest absolute Gasteiger partial charge is 0.185 e. The molecule has 4 nitrogen and oxygen atoms in total. The van der Waals surface area contributed by atoms with Gasteiger partial charge in [-0.3, -0.25) is 4.79 Å². The van der Waals surface area contributed by atoms with Crippen molar-refractivity contribution in [3.05, 3.63) is 84.2 Å². The van der Waals surface area contributed by atoms with Crippen LogP contribution in [-0.2, 0) is 6.42 Å². The third-order valence-electron chi connectivity index (χ3n) is 4.33. The van der Waals surface area contributed by atoms with E-state index in [0.29, 0.717) is 42.5 Å². The number of ketones is 1. The Morgan fingerprint density at radius 1 is 1.00 bits per heavy atom. The quantitative estimate of drug-likeness (QED) is 0.155. The van der Waals surface area contributed by atoms with Crippen molar-refractivity contribution in [3.8, 4) is 17.2 Å². The number of hydrogen-bond acceptors (Lipinski definition) is 4. The molecule has 31 heavy (non-hydrogen) atoms. The maximum absolute atomic E-state index is 12.7. The topological polar surface area (TPSA) is 44.8 Å². The lowest BCUT2D eigenvalue weighted by Gasteiger charge is -2.15. The van der Waals surface area contributed by atoms with Crippen LogP contribution in [0.5, 0.6) is 17.2 Å². The molecular weight excluding hydrogens is 388 g/mol. The molecule has 0 aliphatic heterocycles. The molecule has 0 radical (unpaired) electrons. The van der Waals surface area contributed by atoms with E-state index >= 15 is 0 Å². The zero-order valence-corrected chi connectivity index (χ0v) is 18.8. The Balaban J connectivity index is 2.30. The van der Waals surface area contributed by atoms with E-state index in [9.17, 15) is 4.79 Å². The van der Waals surface area contributed by atoms with Gasteiger partial charge in [-0.1, -0.05) is 26.5 Å². The minimum Gasteiger partial charge on any atom is -0.493 e. The van der Waals surface area contributed by atoms with Gasteiger partial charge in [-0.05, 0) is 74.2 Å². The molecule has 0 saturated heterocycles. The van der Waals surface area contributed by atoms with Crippen molar-refractivity contribution in [2.45, 2.75) is 40.0 Å². The van der Waals surface area contributed by atoms with Gasteiger partial charge >= 0.3 is 0 Å². The van der Waals surface area contributed by atoms with Crippen LogP contribution in [0.25, 0.3) is 6.08 Å². The standard InChI is InChI=1S/C27H32O4/c1-6-9-22-18-23(27(30-17-8-3)19-26(22)29-16-7-2)12-15-25(28)21-10-13-24(14-11-21)31-20(4)5/h6,10-15,18-19H,1,4,7-9,16-17H2,2-3,5H3. The SMILES string of the molecule is C=CCc1cc(C=CC(=O)c2ccc(OC(=C)C)cc2)c(OCCC)cc1OCCC. The largest absolute Gasteiger partial charge is 0.493 e. The van der Waals surface area contributed by atoms with Crippen molar-refractivity contribution in [2.75, 3.05) is 13.2 Å². The summed E-state index contributed by atoms with van der Waals surface area (Å²) < 4.78 is 17.3. The van der Waals surface area contributed by atoms with E-state index in [1.54, 1.807) is 43.3 Å². The number of rotatable bonds is 13. The summed E-state index contributed by atoms with van der Waals surface area (Å²) in [6.45, 7) is 14.7. The van der Waals surface area contributed by atoms with Crippen molar-refractivity contribution in [2.24, 2.45) is 0 Å². The van der Waals surface area contributed by atoms with Gasteiger partial charge in [0.15, 0.2) is 5.78 Å². The number of carbonyl (C=O) groups excluding carboxylic acids is 1. The Labute approximate surface area is 185 Å². The van der Waals surface area contributed by atoms with Crippen molar-refractivity contribution in [1.82, 2.24) is 0 Å². The van der Waals surface area contributed by atoms with Crippen LogP contribution in [0.2, 0.25) is 0 Å². The van der Waals surface area contributed by atoms with Crippen LogP contribution in [0.15, 0.2) is 67.5 Å². The molecule has 0 N–H and O–H groups in total. The van der Waals surface area contributed by atoms with E-state index in [4.69, 9.17) is 14.2 Å². The minimum atomic E-state index is -0.0973. The molecule has 0 aromatic heterocycles. The van der Waals surface area contributed by atoms with Gasteiger partial charge < -0.3 is 14.2 Å². The third-order valence-corrected chi connectivity index (χ3v) is 4.33. The molecule has 0 aliphatic carbocycles. The van der Waals surface area contributed by atoms with Crippen molar-refractivity contribution in [1.29, 1.82) is 0 Å². The third kappa shape index (κ3) is 7.49. The van der Waals surface area contributed by atoms with Gasteiger partial charge in [-0.25, -0.2) is 0 Å². The van der Waals surface area contributed by atoms with Gasteiger partial charge in [0.1, 0.15) is 17.2 Å². The molecule has 0 saturated carbocycles. The van der Waals surface area contributed by atoms with Gasteiger partial charge in [-0.2, -0.15) is 0 Å². The van der Waals surface area contributed by atoms with Gasteiger partial charge in [0.05, 0.1) is 19.0 Å². The predicted molar refractivity (Wildman–Crippen MR) is 127 cm³/mol. The summed E-state index contributed by atoms with van der Waals surface area (Å²) in [4.78, 5) is 12.7. The van der Waals surface area contributed by atoms with Crippen LogP contribution in [0.4, 0.5) is 0 Å². The number of allylic oxidation sites excluding steroid dienone is 3. The highest BCUT2D eigenvalue weighted by atomic mass is 16.5. The fraction of sp³-hybridized carbons (Fsp3) is 0.296. The Bertz CT molecular complexity index is 923.